The van der Waals surface area contributed by atoms with E-state index in [1.807, 2.05) is 0 Å². The monoisotopic (exact) mass is 280 g/mol. The van der Waals surface area contributed by atoms with Crippen LogP contribution in [0.15, 0.2) is 24.3 Å². The van der Waals surface area contributed by atoms with E-state index in [1.165, 1.54) is 0 Å². The van der Waals surface area contributed by atoms with Crippen molar-refractivity contribution in [2.24, 2.45) is 0 Å². The van der Waals surface area contributed by atoms with Crippen molar-refractivity contribution in [2.75, 3.05) is 32.2 Å². The van der Waals surface area contributed by atoms with Crippen molar-refractivity contribution < 1.29 is 19.4 Å². The topological polar surface area (TPSA) is 93.8 Å². The number of benzene rings is 1. The number of aliphatic hydroxyl groups is 1. The first-order valence-electron chi connectivity index (χ1n) is 6.61. The van der Waals surface area contributed by atoms with E-state index in [4.69, 9.17) is 15.2 Å². The molecule has 0 unspecified atom stereocenters. The fourth-order valence-electron chi connectivity index (χ4n) is 2.13. The molecule has 0 spiro atoms. The van der Waals surface area contributed by atoms with Crippen molar-refractivity contribution in [1.29, 1.82) is 0 Å². The molecule has 1 heterocycles. The molecule has 6 nitrogen and oxygen atoms in total. The maximum atomic E-state index is 11.9. The average molecular weight is 280 g/mol. The minimum Gasteiger partial charge on any atom is -0.484 e. The van der Waals surface area contributed by atoms with Crippen molar-refractivity contribution in [3.63, 3.8) is 0 Å². The van der Waals surface area contributed by atoms with Crippen molar-refractivity contribution in [3.8, 4) is 5.75 Å². The third-order valence-electron chi connectivity index (χ3n) is 3.41. The number of anilines is 1. The first-order valence-corrected chi connectivity index (χ1v) is 6.61. The molecule has 0 aromatic heterocycles. The lowest BCUT2D eigenvalue weighted by Crippen LogP contribution is -2.55. The Morgan fingerprint density at radius 3 is 2.60 bits per heavy atom. The Bertz CT molecular complexity index is 441. The molecule has 1 aliphatic heterocycles. The maximum Gasteiger partial charge on any atom is 0.258 e. The molecule has 1 aliphatic rings. The summed E-state index contributed by atoms with van der Waals surface area (Å²) in [6.45, 7) is 0.899. The van der Waals surface area contributed by atoms with Crippen LogP contribution in [0.5, 0.6) is 5.75 Å². The number of amides is 1. The second-order valence-corrected chi connectivity index (χ2v) is 4.96. The Morgan fingerprint density at radius 1 is 1.35 bits per heavy atom. The summed E-state index contributed by atoms with van der Waals surface area (Å²) in [4.78, 5) is 11.9. The summed E-state index contributed by atoms with van der Waals surface area (Å²) in [6.07, 6.45) is 1.22. The largest absolute Gasteiger partial charge is 0.484 e. The van der Waals surface area contributed by atoms with Crippen LogP contribution < -0.4 is 15.8 Å². The van der Waals surface area contributed by atoms with Gasteiger partial charge in [-0.05, 0) is 37.1 Å². The van der Waals surface area contributed by atoms with E-state index in [1.54, 1.807) is 24.3 Å². The molecule has 0 aliphatic carbocycles. The van der Waals surface area contributed by atoms with Gasteiger partial charge in [0.1, 0.15) is 5.75 Å². The van der Waals surface area contributed by atoms with Crippen LogP contribution in [-0.4, -0.2) is 43.0 Å². The lowest BCUT2D eigenvalue weighted by Gasteiger charge is -2.36. The van der Waals surface area contributed by atoms with Gasteiger partial charge in [0, 0.05) is 18.9 Å². The second-order valence-electron chi connectivity index (χ2n) is 4.96. The number of carbonyl (C=O) groups is 1. The fraction of sp³-hybridized carbons (Fsp3) is 0.500. The van der Waals surface area contributed by atoms with Crippen molar-refractivity contribution in [2.45, 2.75) is 18.4 Å². The highest BCUT2D eigenvalue weighted by molar-refractivity contribution is 5.78. The molecule has 6 heteroatoms. The number of aliphatic hydroxyl groups excluding tert-OH is 1. The molecule has 110 valence electrons. The molecule has 0 bridgehead atoms. The zero-order valence-electron chi connectivity index (χ0n) is 11.3. The molecular weight excluding hydrogens is 260 g/mol. The number of ether oxygens (including phenoxy) is 2. The Morgan fingerprint density at radius 2 is 2.00 bits per heavy atom. The third-order valence-corrected chi connectivity index (χ3v) is 3.41. The van der Waals surface area contributed by atoms with Crippen molar-refractivity contribution in [3.05, 3.63) is 24.3 Å². The second kappa shape index (κ2) is 6.58. The molecule has 2 rings (SSSR count). The van der Waals surface area contributed by atoms with Crippen molar-refractivity contribution >= 4 is 11.6 Å². The lowest BCUT2D eigenvalue weighted by molar-refractivity contribution is -0.127. The fourth-order valence-corrected chi connectivity index (χ4v) is 2.13. The molecule has 1 aromatic rings. The van der Waals surface area contributed by atoms with Gasteiger partial charge in [0.05, 0.1) is 12.1 Å². The zero-order valence-corrected chi connectivity index (χ0v) is 11.3. The standard InChI is InChI=1S/C14H20N2O4/c15-11-1-3-12(4-2-11)20-9-13(18)16-14(10-17)5-7-19-8-6-14/h1-4,17H,5-10,15H2,(H,16,18). The van der Waals surface area contributed by atoms with Gasteiger partial charge in [-0.15, -0.1) is 0 Å². The molecule has 0 saturated carbocycles. The van der Waals surface area contributed by atoms with Crippen LogP contribution in [0, 0.1) is 0 Å². The Kier molecular flexibility index (Phi) is 4.81. The number of carbonyl (C=O) groups excluding carboxylic acids is 1. The van der Waals surface area contributed by atoms with E-state index in [2.05, 4.69) is 5.32 Å². The van der Waals surface area contributed by atoms with Gasteiger partial charge in [0.15, 0.2) is 6.61 Å². The number of nitrogen functional groups attached to an aromatic ring is 1. The highest BCUT2D eigenvalue weighted by atomic mass is 16.5. The van der Waals surface area contributed by atoms with Gasteiger partial charge in [0.2, 0.25) is 0 Å². The summed E-state index contributed by atoms with van der Waals surface area (Å²) < 4.78 is 10.6. The van der Waals surface area contributed by atoms with Crippen LogP contribution in [0.25, 0.3) is 0 Å². The van der Waals surface area contributed by atoms with E-state index in [9.17, 15) is 9.90 Å². The van der Waals surface area contributed by atoms with Gasteiger partial charge >= 0.3 is 0 Å². The van der Waals surface area contributed by atoms with E-state index in [0.717, 1.165) is 0 Å². The smallest absolute Gasteiger partial charge is 0.258 e. The van der Waals surface area contributed by atoms with Crippen molar-refractivity contribution in [1.82, 2.24) is 5.32 Å². The van der Waals surface area contributed by atoms with Gasteiger partial charge in [-0.3, -0.25) is 4.79 Å². The van der Waals surface area contributed by atoms with Gasteiger partial charge < -0.3 is 25.6 Å². The van der Waals surface area contributed by atoms with Gasteiger partial charge in [-0.1, -0.05) is 0 Å². The summed E-state index contributed by atoms with van der Waals surface area (Å²) in [7, 11) is 0. The highest BCUT2D eigenvalue weighted by Crippen LogP contribution is 2.20. The summed E-state index contributed by atoms with van der Waals surface area (Å²) in [6, 6.07) is 6.83. The molecule has 1 fully saturated rings. The Balaban J connectivity index is 1.83. The van der Waals surface area contributed by atoms with Gasteiger partial charge in [-0.2, -0.15) is 0 Å². The first-order chi connectivity index (χ1) is 9.63. The number of rotatable bonds is 5. The van der Waals surface area contributed by atoms with E-state index in [-0.39, 0.29) is 19.1 Å². The van der Waals surface area contributed by atoms with Crippen LogP contribution >= 0.6 is 0 Å². The summed E-state index contributed by atoms with van der Waals surface area (Å²) >= 11 is 0. The molecule has 1 amide bonds. The predicted molar refractivity (Wildman–Crippen MR) is 74.4 cm³/mol. The zero-order chi connectivity index (χ0) is 14.4. The quantitative estimate of drug-likeness (QED) is 0.675. The molecule has 4 N–H and O–H groups in total. The minimum atomic E-state index is -0.584. The summed E-state index contributed by atoms with van der Waals surface area (Å²) in [5, 5.41) is 12.3. The highest BCUT2D eigenvalue weighted by Gasteiger charge is 2.33. The summed E-state index contributed by atoms with van der Waals surface area (Å²) in [5.74, 6) is 0.331. The van der Waals surface area contributed by atoms with Crippen LogP contribution in [-0.2, 0) is 9.53 Å². The molecule has 0 atom stereocenters. The number of nitrogens with one attached hydrogen (secondary N) is 1. The van der Waals surface area contributed by atoms with E-state index >= 15 is 0 Å². The number of hydrogen-bond donors (Lipinski definition) is 3. The summed E-state index contributed by atoms with van der Waals surface area (Å²) in [5.41, 5.74) is 5.63. The molecule has 1 saturated heterocycles. The predicted octanol–water partition coefficient (Wildman–Crippen LogP) is 0.305. The lowest BCUT2D eigenvalue weighted by atomic mass is 9.91. The van der Waals surface area contributed by atoms with Crippen LogP contribution in [0.3, 0.4) is 0 Å². The van der Waals surface area contributed by atoms with E-state index in [0.29, 0.717) is 37.5 Å². The first kappa shape index (κ1) is 14.6. The van der Waals surface area contributed by atoms with Crippen LogP contribution in [0.1, 0.15) is 12.8 Å². The average Bonchev–Trinajstić information content (AvgIpc) is 2.47. The van der Waals surface area contributed by atoms with Crippen LogP contribution in [0.2, 0.25) is 0 Å². The maximum absolute atomic E-state index is 11.9. The minimum absolute atomic E-state index is 0.0907. The Hall–Kier alpha value is -1.79. The normalized spacial score (nSPS) is 17.4. The Labute approximate surface area is 117 Å². The third kappa shape index (κ3) is 3.85. The number of hydrogen-bond acceptors (Lipinski definition) is 5. The SMILES string of the molecule is Nc1ccc(OCC(=O)NC2(CO)CCOCC2)cc1. The van der Waals surface area contributed by atoms with Gasteiger partial charge in [-0.25, -0.2) is 0 Å². The molecule has 0 radical (unpaired) electrons. The molecule has 20 heavy (non-hydrogen) atoms. The van der Waals surface area contributed by atoms with Crippen LogP contribution in [0.4, 0.5) is 5.69 Å². The number of nitrogens with two attached hydrogens (primary N) is 1. The molecular formula is C14H20N2O4. The van der Waals surface area contributed by atoms with E-state index < -0.39 is 5.54 Å². The van der Waals surface area contributed by atoms with Gasteiger partial charge in [0.25, 0.3) is 5.91 Å². The molecule has 1 aromatic carbocycles.